The summed E-state index contributed by atoms with van der Waals surface area (Å²) in [5.74, 6) is 2.31. The summed E-state index contributed by atoms with van der Waals surface area (Å²) < 4.78 is 0. The topological polar surface area (TPSA) is 50.9 Å². The second kappa shape index (κ2) is 11.0. The Morgan fingerprint density at radius 3 is 2.17 bits per heavy atom. The molecule has 4 heteroatoms. The fraction of sp³-hybridized carbons (Fsp3) is 0.520. The van der Waals surface area contributed by atoms with Crippen LogP contribution in [0.15, 0.2) is 48.5 Å². The number of hydrogen-bond acceptors (Lipinski definition) is 3. The van der Waals surface area contributed by atoms with Crippen molar-refractivity contribution < 1.29 is 5.11 Å². The van der Waals surface area contributed by atoms with Gasteiger partial charge in [0.2, 0.25) is 0 Å². The summed E-state index contributed by atoms with van der Waals surface area (Å²) in [6.07, 6.45) is 13.3. The molecular formula is C25H35N3O. The fourth-order valence-electron chi connectivity index (χ4n) is 3.74. The molecule has 0 bridgehead atoms. The summed E-state index contributed by atoms with van der Waals surface area (Å²) in [5.41, 5.74) is 2.20. The summed E-state index contributed by atoms with van der Waals surface area (Å²) in [6.45, 7) is 4.73. The Morgan fingerprint density at radius 1 is 0.931 bits per heavy atom. The number of unbranched alkanes of at least 4 members (excludes halogenated alkanes) is 4. The van der Waals surface area contributed by atoms with Crippen LogP contribution in [0.25, 0.3) is 16.7 Å². The van der Waals surface area contributed by atoms with Crippen LogP contribution in [0.2, 0.25) is 0 Å². The Kier molecular flexibility index (Phi) is 8.09. The average molecular weight is 394 g/mol. The maximum atomic E-state index is 9.69. The highest BCUT2D eigenvalue weighted by Gasteiger charge is 2.23. The number of rotatable bonds is 9. The van der Waals surface area contributed by atoms with Crippen LogP contribution in [0.3, 0.4) is 0 Å². The third-order valence-corrected chi connectivity index (χ3v) is 5.62. The van der Waals surface area contributed by atoms with E-state index < -0.39 is 0 Å². The van der Waals surface area contributed by atoms with Gasteiger partial charge in [0.15, 0.2) is 0 Å². The maximum Gasteiger partial charge on any atom is 0.143 e. The molecule has 156 valence electrons. The SMILES string of the molecule is CCCCCCCC(C)CC1CC1.Oc1ccccc1-n1nc2ccccc2n1. The van der Waals surface area contributed by atoms with Crippen molar-refractivity contribution in [1.82, 2.24) is 15.0 Å². The first-order valence-corrected chi connectivity index (χ1v) is 11.3. The molecule has 1 aliphatic rings. The summed E-state index contributed by atoms with van der Waals surface area (Å²) in [4.78, 5) is 1.44. The molecule has 1 heterocycles. The highest BCUT2D eigenvalue weighted by molar-refractivity contribution is 5.73. The van der Waals surface area contributed by atoms with Crippen molar-refractivity contribution in [2.75, 3.05) is 0 Å². The lowest BCUT2D eigenvalue weighted by molar-refractivity contribution is 0.435. The standard InChI is InChI=1S/C13H26.C12H9N3O/c1-3-4-5-6-7-8-12(2)11-13-9-10-13;16-12-8-4-3-7-11(12)15-13-9-5-1-2-6-10(9)14-15/h12-13H,3-11H2,1-2H3;1-8,16H. The second-order valence-electron chi connectivity index (χ2n) is 8.45. The minimum atomic E-state index is 0.169. The largest absolute Gasteiger partial charge is 0.506 e. The summed E-state index contributed by atoms with van der Waals surface area (Å²) in [6, 6.07) is 14.6. The van der Waals surface area contributed by atoms with Gasteiger partial charge in [-0.05, 0) is 42.5 Å². The summed E-state index contributed by atoms with van der Waals surface area (Å²) in [5, 5.41) is 18.3. The quantitative estimate of drug-likeness (QED) is 0.402. The third kappa shape index (κ3) is 6.88. The number of para-hydroxylation sites is 2. The first kappa shape index (κ1) is 21.4. The van der Waals surface area contributed by atoms with Crippen molar-refractivity contribution in [3.8, 4) is 11.4 Å². The molecule has 4 rings (SSSR count). The number of fused-ring (bicyclic) bond motifs is 1. The van der Waals surface area contributed by atoms with Crippen molar-refractivity contribution in [2.24, 2.45) is 11.8 Å². The number of benzene rings is 2. The molecular weight excluding hydrogens is 358 g/mol. The van der Waals surface area contributed by atoms with Crippen LogP contribution in [0.4, 0.5) is 0 Å². The lowest BCUT2D eigenvalue weighted by Gasteiger charge is -2.09. The van der Waals surface area contributed by atoms with E-state index in [-0.39, 0.29) is 5.75 Å². The van der Waals surface area contributed by atoms with Crippen LogP contribution >= 0.6 is 0 Å². The van der Waals surface area contributed by atoms with Gasteiger partial charge < -0.3 is 5.11 Å². The average Bonchev–Trinajstić information content (AvgIpc) is 3.43. The number of hydrogen-bond donors (Lipinski definition) is 1. The van der Waals surface area contributed by atoms with Crippen LogP contribution in [-0.4, -0.2) is 20.1 Å². The van der Waals surface area contributed by atoms with Gasteiger partial charge in [0.05, 0.1) is 0 Å². The van der Waals surface area contributed by atoms with Gasteiger partial charge in [-0.15, -0.1) is 15.0 Å². The summed E-state index contributed by atoms with van der Waals surface area (Å²) in [7, 11) is 0. The van der Waals surface area contributed by atoms with Gasteiger partial charge in [-0.25, -0.2) is 0 Å². The van der Waals surface area contributed by atoms with E-state index in [0.717, 1.165) is 22.9 Å². The van der Waals surface area contributed by atoms with E-state index in [1.54, 1.807) is 18.2 Å². The van der Waals surface area contributed by atoms with Gasteiger partial charge >= 0.3 is 0 Å². The number of nitrogens with zero attached hydrogens (tertiary/aromatic N) is 3. The van der Waals surface area contributed by atoms with Crippen LogP contribution in [-0.2, 0) is 0 Å². The number of aromatic hydroxyl groups is 1. The first-order valence-electron chi connectivity index (χ1n) is 11.3. The number of phenols is 1. The highest BCUT2D eigenvalue weighted by Crippen LogP contribution is 2.36. The van der Waals surface area contributed by atoms with Gasteiger partial charge in [-0.3, -0.25) is 0 Å². The van der Waals surface area contributed by atoms with E-state index in [2.05, 4.69) is 24.0 Å². The maximum absolute atomic E-state index is 9.69. The Labute approximate surface area is 175 Å². The van der Waals surface area contributed by atoms with E-state index in [4.69, 9.17) is 0 Å². The normalized spacial score (nSPS) is 14.4. The molecule has 1 atom stereocenters. The van der Waals surface area contributed by atoms with E-state index >= 15 is 0 Å². The Morgan fingerprint density at radius 2 is 1.55 bits per heavy atom. The minimum absolute atomic E-state index is 0.169. The van der Waals surface area contributed by atoms with Crippen molar-refractivity contribution in [1.29, 1.82) is 0 Å². The Balaban J connectivity index is 0.000000170. The van der Waals surface area contributed by atoms with Gasteiger partial charge in [0.25, 0.3) is 0 Å². The molecule has 2 aromatic carbocycles. The number of phenolic OH excluding ortho intramolecular Hbond substituents is 1. The van der Waals surface area contributed by atoms with E-state index in [0.29, 0.717) is 5.69 Å². The molecule has 1 aliphatic carbocycles. The molecule has 1 unspecified atom stereocenters. The van der Waals surface area contributed by atoms with Crippen molar-refractivity contribution in [3.63, 3.8) is 0 Å². The van der Waals surface area contributed by atoms with Crippen LogP contribution < -0.4 is 0 Å². The Hall–Kier alpha value is -2.36. The van der Waals surface area contributed by atoms with Gasteiger partial charge in [-0.1, -0.05) is 89.5 Å². The molecule has 0 spiro atoms. The molecule has 0 aliphatic heterocycles. The number of aromatic nitrogens is 3. The minimum Gasteiger partial charge on any atom is -0.506 e. The van der Waals surface area contributed by atoms with Gasteiger partial charge in [-0.2, -0.15) is 0 Å². The lowest BCUT2D eigenvalue weighted by Crippen LogP contribution is -1.98. The molecule has 29 heavy (non-hydrogen) atoms. The van der Waals surface area contributed by atoms with Gasteiger partial charge in [0, 0.05) is 0 Å². The molecule has 4 nitrogen and oxygen atoms in total. The monoisotopic (exact) mass is 393 g/mol. The van der Waals surface area contributed by atoms with Gasteiger partial charge in [0.1, 0.15) is 22.5 Å². The predicted molar refractivity (Wildman–Crippen MR) is 120 cm³/mol. The molecule has 1 saturated carbocycles. The van der Waals surface area contributed by atoms with Crippen molar-refractivity contribution >= 4 is 11.0 Å². The Bertz CT molecular complexity index is 836. The van der Waals surface area contributed by atoms with Crippen molar-refractivity contribution in [2.45, 2.75) is 71.6 Å². The van der Waals surface area contributed by atoms with E-state index in [1.165, 1.54) is 62.6 Å². The predicted octanol–water partition coefficient (Wildman–Crippen LogP) is 6.91. The second-order valence-corrected chi connectivity index (χ2v) is 8.45. The molecule has 0 saturated heterocycles. The molecule has 0 amide bonds. The van der Waals surface area contributed by atoms with Crippen LogP contribution in [0, 0.1) is 11.8 Å². The fourth-order valence-corrected chi connectivity index (χ4v) is 3.74. The zero-order chi connectivity index (χ0) is 20.5. The molecule has 0 radical (unpaired) electrons. The van der Waals surface area contributed by atoms with Crippen LogP contribution in [0.1, 0.15) is 71.6 Å². The lowest BCUT2D eigenvalue weighted by atomic mass is 9.97. The smallest absolute Gasteiger partial charge is 0.143 e. The van der Waals surface area contributed by atoms with Crippen molar-refractivity contribution in [3.05, 3.63) is 48.5 Å². The third-order valence-electron chi connectivity index (χ3n) is 5.62. The zero-order valence-corrected chi connectivity index (χ0v) is 17.9. The van der Waals surface area contributed by atoms with Crippen LogP contribution in [0.5, 0.6) is 5.75 Å². The molecule has 1 fully saturated rings. The molecule has 1 N–H and O–H groups in total. The van der Waals surface area contributed by atoms with E-state index in [9.17, 15) is 5.11 Å². The summed E-state index contributed by atoms with van der Waals surface area (Å²) >= 11 is 0. The molecule has 1 aromatic heterocycles. The first-order chi connectivity index (χ1) is 14.2. The van der Waals surface area contributed by atoms with E-state index in [1.807, 2.05) is 30.3 Å². The highest BCUT2D eigenvalue weighted by atomic mass is 16.3. The molecule has 3 aromatic rings. The zero-order valence-electron chi connectivity index (χ0n) is 17.9.